The Balaban J connectivity index is 1.68. The van der Waals surface area contributed by atoms with Gasteiger partial charge in [0.05, 0.1) is 20.3 Å². The molecule has 1 amide bonds. The zero-order valence-corrected chi connectivity index (χ0v) is 18.8. The number of hydrogen-bond donors (Lipinski definition) is 2. The molecule has 1 atom stereocenters. The van der Waals surface area contributed by atoms with Gasteiger partial charge in [0.15, 0.2) is 16.6 Å². The number of aryl methyl sites for hydroxylation is 1. The molecule has 6 nitrogen and oxygen atoms in total. The van der Waals surface area contributed by atoms with Crippen LogP contribution in [0.3, 0.4) is 0 Å². The van der Waals surface area contributed by atoms with E-state index in [2.05, 4.69) is 17.6 Å². The van der Waals surface area contributed by atoms with Crippen LogP contribution in [0, 0.1) is 6.92 Å². The minimum atomic E-state index is 0.0346. The Kier molecular flexibility index (Phi) is 7.15. The molecule has 3 rings (SSSR count). The molecule has 0 radical (unpaired) electrons. The summed E-state index contributed by atoms with van der Waals surface area (Å²) in [6.45, 7) is 4.90. The molecule has 0 aromatic heterocycles. The zero-order chi connectivity index (χ0) is 21.7. The molecule has 2 N–H and O–H groups in total. The van der Waals surface area contributed by atoms with Gasteiger partial charge in [-0.1, -0.05) is 13.0 Å². The lowest BCUT2D eigenvalue weighted by molar-refractivity contribution is -0.117. The van der Waals surface area contributed by atoms with Crippen molar-refractivity contribution in [3.8, 4) is 11.5 Å². The number of benzene rings is 2. The van der Waals surface area contributed by atoms with Gasteiger partial charge in [0.1, 0.15) is 0 Å². The summed E-state index contributed by atoms with van der Waals surface area (Å²) < 4.78 is 10.7. The van der Waals surface area contributed by atoms with Crippen molar-refractivity contribution in [2.45, 2.75) is 39.2 Å². The van der Waals surface area contributed by atoms with Gasteiger partial charge in [0.25, 0.3) is 0 Å². The van der Waals surface area contributed by atoms with E-state index in [0.29, 0.717) is 23.0 Å². The van der Waals surface area contributed by atoms with Gasteiger partial charge >= 0.3 is 0 Å². The monoisotopic (exact) mass is 427 g/mol. The number of hydrogen-bond acceptors (Lipinski definition) is 4. The predicted molar refractivity (Wildman–Crippen MR) is 125 cm³/mol. The summed E-state index contributed by atoms with van der Waals surface area (Å²) in [6, 6.07) is 11.9. The van der Waals surface area contributed by atoms with Gasteiger partial charge in [0, 0.05) is 24.3 Å². The Morgan fingerprint density at radius 3 is 2.53 bits per heavy atom. The van der Waals surface area contributed by atoms with E-state index in [1.807, 2.05) is 48.2 Å². The number of anilines is 2. The van der Waals surface area contributed by atoms with E-state index >= 15 is 0 Å². The Labute approximate surface area is 183 Å². The van der Waals surface area contributed by atoms with Crippen LogP contribution in [0.4, 0.5) is 11.4 Å². The summed E-state index contributed by atoms with van der Waals surface area (Å²) in [5.41, 5.74) is 3.98. The third-order valence-corrected chi connectivity index (χ3v) is 5.56. The second-order valence-electron chi connectivity index (χ2n) is 7.32. The molecule has 1 fully saturated rings. The van der Waals surface area contributed by atoms with Crippen molar-refractivity contribution in [2.75, 3.05) is 31.0 Å². The Morgan fingerprint density at radius 2 is 1.93 bits per heavy atom. The molecule has 0 saturated carbocycles. The van der Waals surface area contributed by atoms with E-state index in [9.17, 15) is 4.79 Å². The standard InChI is InChI=1S/C23H29N3O3S/c1-5-18(16-8-11-20(28-3)21(14-16)29-4)25-23(30)24-17-9-10-19(15(2)13-17)26-12-6-7-22(26)27/h8-11,13-14,18H,5-7,12H2,1-4H3,(H2,24,25,30)/t18-/m0/s1. The van der Waals surface area contributed by atoms with E-state index in [1.54, 1.807) is 14.2 Å². The summed E-state index contributed by atoms with van der Waals surface area (Å²) in [5, 5.41) is 7.18. The first-order valence-electron chi connectivity index (χ1n) is 10.2. The van der Waals surface area contributed by atoms with Crippen molar-refractivity contribution in [2.24, 2.45) is 0 Å². The van der Waals surface area contributed by atoms with Crippen molar-refractivity contribution >= 4 is 34.6 Å². The smallest absolute Gasteiger partial charge is 0.227 e. The van der Waals surface area contributed by atoms with Gasteiger partial charge in [-0.3, -0.25) is 4.79 Å². The van der Waals surface area contributed by atoms with Crippen LogP contribution in [-0.2, 0) is 4.79 Å². The van der Waals surface area contributed by atoms with Crippen LogP contribution >= 0.6 is 12.2 Å². The fraction of sp³-hybridized carbons (Fsp3) is 0.391. The van der Waals surface area contributed by atoms with Gasteiger partial charge in [-0.25, -0.2) is 0 Å². The van der Waals surface area contributed by atoms with Crippen molar-refractivity contribution in [1.82, 2.24) is 5.32 Å². The van der Waals surface area contributed by atoms with Crippen LogP contribution < -0.4 is 25.0 Å². The molecule has 0 unspecified atom stereocenters. The van der Waals surface area contributed by atoms with E-state index in [-0.39, 0.29) is 11.9 Å². The highest BCUT2D eigenvalue weighted by Gasteiger charge is 2.23. The fourth-order valence-corrected chi connectivity index (χ4v) is 4.02. The minimum Gasteiger partial charge on any atom is -0.493 e. The van der Waals surface area contributed by atoms with Gasteiger partial charge in [0.2, 0.25) is 5.91 Å². The summed E-state index contributed by atoms with van der Waals surface area (Å²) in [4.78, 5) is 13.9. The van der Waals surface area contributed by atoms with E-state index in [0.717, 1.165) is 41.9 Å². The second kappa shape index (κ2) is 9.80. The van der Waals surface area contributed by atoms with Crippen LogP contribution in [0.25, 0.3) is 0 Å². The summed E-state index contributed by atoms with van der Waals surface area (Å²) >= 11 is 5.55. The molecule has 0 spiro atoms. The molecule has 0 aliphatic carbocycles. The molecule has 1 saturated heterocycles. The lowest BCUT2D eigenvalue weighted by Gasteiger charge is -2.22. The molecule has 1 aliphatic heterocycles. The van der Waals surface area contributed by atoms with Gasteiger partial charge < -0.3 is 25.0 Å². The molecule has 2 aromatic rings. The highest BCUT2D eigenvalue weighted by atomic mass is 32.1. The quantitative estimate of drug-likeness (QED) is 0.631. The molecule has 30 heavy (non-hydrogen) atoms. The minimum absolute atomic E-state index is 0.0346. The third-order valence-electron chi connectivity index (χ3n) is 5.34. The van der Waals surface area contributed by atoms with Crippen LogP contribution in [0.1, 0.15) is 43.4 Å². The van der Waals surface area contributed by atoms with Crippen molar-refractivity contribution in [3.63, 3.8) is 0 Å². The summed E-state index contributed by atoms with van der Waals surface area (Å²) in [7, 11) is 3.25. The molecule has 160 valence electrons. The number of thiocarbonyl (C=S) groups is 1. The van der Waals surface area contributed by atoms with Gasteiger partial charge in [-0.15, -0.1) is 0 Å². The maximum atomic E-state index is 12.0. The molecular weight excluding hydrogens is 398 g/mol. The number of carbonyl (C=O) groups excluding carboxylic acids is 1. The first-order chi connectivity index (χ1) is 14.5. The van der Waals surface area contributed by atoms with E-state index < -0.39 is 0 Å². The van der Waals surface area contributed by atoms with Crippen molar-refractivity contribution in [3.05, 3.63) is 47.5 Å². The molecule has 1 aliphatic rings. The normalized spacial score (nSPS) is 14.4. The summed E-state index contributed by atoms with van der Waals surface area (Å²) in [6.07, 6.45) is 2.40. The maximum absolute atomic E-state index is 12.0. The highest BCUT2D eigenvalue weighted by Crippen LogP contribution is 2.31. The fourth-order valence-electron chi connectivity index (χ4n) is 3.76. The largest absolute Gasteiger partial charge is 0.493 e. The Bertz CT molecular complexity index is 932. The lowest BCUT2D eigenvalue weighted by atomic mass is 10.0. The molecule has 2 aromatic carbocycles. The second-order valence-corrected chi connectivity index (χ2v) is 7.73. The van der Waals surface area contributed by atoms with Gasteiger partial charge in [-0.05, 0) is 73.4 Å². The number of rotatable bonds is 7. The SMILES string of the molecule is CC[C@H](NC(=S)Nc1ccc(N2CCCC2=O)c(C)c1)c1ccc(OC)c(OC)c1. The van der Waals surface area contributed by atoms with Crippen molar-refractivity contribution in [1.29, 1.82) is 0 Å². The number of carbonyl (C=O) groups is 1. The average Bonchev–Trinajstić information content (AvgIpc) is 3.17. The number of ether oxygens (including phenoxy) is 2. The Morgan fingerprint density at radius 1 is 1.17 bits per heavy atom. The number of amides is 1. The van der Waals surface area contributed by atoms with Crippen LogP contribution in [0.2, 0.25) is 0 Å². The lowest BCUT2D eigenvalue weighted by Crippen LogP contribution is -2.32. The average molecular weight is 428 g/mol. The molecule has 7 heteroatoms. The Hall–Kier alpha value is -2.80. The van der Waals surface area contributed by atoms with Crippen LogP contribution in [0.15, 0.2) is 36.4 Å². The first-order valence-corrected chi connectivity index (χ1v) is 10.6. The summed E-state index contributed by atoms with van der Waals surface area (Å²) in [5.74, 6) is 1.58. The van der Waals surface area contributed by atoms with Crippen LogP contribution in [-0.4, -0.2) is 31.8 Å². The maximum Gasteiger partial charge on any atom is 0.227 e. The van der Waals surface area contributed by atoms with Gasteiger partial charge in [-0.2, -0.15) is 0 Å². The molecular formula is C23H29N3O3S. The van der Waals surface area contributed by atoms with Crippen molar-refractivity contribution < 1.29 is 14.3 Å². The topological polar surface area (TPSA) is 62.8 Å². The first kappa shape index (κ1) is 21.9. The van der Waals surface area contributed by atoms with E-state index in [4.69, 9.17) is 21.7 Å². The van der Waals surface area contributed by atoms with E-state index in [1.165, 1.54) is 0 Å². The highest BCUT2D eigenvalue weighted by molar-refractivity contribution is 7.80. The predicted octanol–water partition coefficient (Wildman–Crippen LogP) is 4.58. The molecule has 0 bridgehead atoms. The van der Waals surface area contributed by atoms with Crippen LogP contribution in [0.5, 0.6) is 11.5 Å². The third kappa shape index (κ3) is 4.84. The number of nitrogens with zero attached hydrogens (tertiary/aromatic N) is 1. The molecule has 1 heterocycles. The number of methoxy groups -OCH3 is 2. The number of nitrogens with one attached hydrogen (secondary N) is 2. The zero-order valence-electron chi connectivity index (χ0n) is 18.0.